The Bertz CT molecular complexity index is 964. The van der Waals surface area contributed by atoms with E-state index in [0.717, 1.165) is 36.1 Å². The third kappa shape index (κ3) is 4.76. The summed E-state index contributed by atoms with van der Waals surface area (Å²) in [6, 6.07) is 11.5. The first-order valence-corrected chi connectivity index (χ1v) is 11.6. The zero-order valence-electron chi connectivity index (χ0n) is 16.7. The molecule has 0 bridgehead atoms. The third-order valence-electron chi connectivity index (χ3n) is 5.37. The molecule has 0 unspecified atom stereocenters. The lowest BCUT2D eigenvalue weighted by molar-refractivity contribution is 0.389. The predicted octanol–water partition coefficient (Wildman–Crippen LogP) is 2.51. The Labute approximate surface area is 172 Å². The molecular weight excluding hydrogens is 386 g/mol. The fraction of sp³-hybridized carbons (Fsp3) is 0.429. The number of aromatic nitrogens is 2. The molecule has 0 atom stereocenters. The summed E-state index contributed by atoms with van der Waals surface area (Å²) in [7, 11) is -3.43. The molecule has 0 spiro atoms. The molecule has 1 aromatic carbocycles. The monoisotopic (exact) mass is 413 g/mol. The molecular formula is C21H27N5O2S. The van der Waals surface area contributed by atoms with Crippen LogP contribution in [0.4, 0.5) is 11.8 Å². The first-order valence-electron chi connectivity index (χ1n) is 10.1. The molecule has 2 aliphatic heterocycles. The quantitative estimate of drug-likeness (QED) is 0.750. The molecule has 7 nitrogen and oxygen atoms in total. The minimum atomic E-state index is -3.43. The third-order valence-corrected chi connectivity index (χ3v) is 6.94. The molecule has 0 saturated carbocycles. The molecule has 2 fully saturated rings. The molecule has 3 heterocycles. The van der Waals surface area contributed by atoms with E-state index in [-0.39, 0.29) is 0 Å². The van der Waals surface area contributed by atoms with Gasteiger partial charge in [-0.25, -0.2) is 13.4 Å². The average molecular weight is 414 g/mol. The second-order valence-corrected chi connectivity index (χ2v) is 9.32. The van der Waals surface area contributed by atoms with Gasteiger partial charge in [0.25, 0.3) is 0 Å². The molecule has 0 radical (unpaired) electrons. The highest BCUT2D eigenvalue weighted by molar-refractivity contribution is 7.92. The van der Waals surface area contributed by atoms with E-state index < -0.39 is 10.0 Å². The molecule has 154 valence electrons. The first-order chi connectivity index (χ1) is 14.0. The van der Waals surface area contributed by atoms with Gasteiger partial charge in [0.2, 0.25) is 16.0 Å². The zero-order chi connectivity index (χ0) is 20.3. The highest BCUT2D eigenvalue weighted by Crippen LogP contribution is 2.22. The van der Waals surface area contributed by atoms with Crippen LogP contribution in [0.2, 0.25) is 0 Å². The van der Waals surface area contributed by atoms with Gasteiger partial charge in [0, 0.05) is 56.4 Å². The minimum absolute atomic E-state index is 0.448. The van der Waals surface area contributed by atoms with E-state index in [4.69, 9.17) is 4.98 Å². The van der Waals surface area contributed by atoms with Crippen LogP contribution in [0.5, 0.6) is 0 Å². The van der Waals surface area contributed by atoms with Crippen molar-refractivity contribution in [1.29, 1.82) is 0 Å². The van der Waals surface area contributed by atoms with Crippen molar-refractivity contribution < 1.29 is 8.42 Å². The average Bonchev–Trinajstić information content (AvgIpc) is 3.28. The van der Waals surface area contributed by atoms with Gasteiger partial charge in [-0.2, -0.15) is 9.29 Å². The largest absolute Gasteiger partial charge is 0.354 e. The maximum atomic E-state index is 12.7. The molecule has 1 aromatic heterocycles. The summed E-state index contributed by atoms with van der Waals surface area (Å²) in [5.41, 5.74) is 1.82. The van der Waals surface area contributed by atoms with Gasteiger partial charge in [-0.15, -0.1) is 0 Å². The molecule has 2 aliphatic rings. The summed E-state index contributed by atoms with van der Waals surface area (Å²) >= 11 is 0. The van der Waals surface area contributed by atoms with Crippen molar-refractivity contribution in [1.82, 2.24) is 14.3 Å². The number of benzene rings is 1. The van der Waals surface area contributed by atoms with Gasteiger partial charge in [-0.3, -0.25) is 0 Å². The highest BCUT2D eigenvalue weighted by Gasteiger charge is 2.26. The Morgan fingerprint density at radius 2 is 1.59 bits per heavy atom. The van der Waals surface area contributed by atoms with Gasteiger partial charge in [0.15, 0.2) is 0 Å². The Kier molecular flexibility index (Phi) is 5.82. The molecule has 0 aliphatic carbocycles. The number of anilines is 2. The minimum Gasteiger partial charge on any atom is -0.354 e. The standard InChI is InChI=1S/C21H27N5O2S/c1-18-17-20(23-21(22-18)25-10-5-6-11-25)24-12-14-26(15-13-24)29(27,28)16-9-19-7-3-2-4-8-19/h2-4,7-9,16-17H,5-6,10-15H2,1H3/b16-9+. The van der Waals surface area contributed by atoms with Crippen LogP contribution in [-0.2, 0) is 10.0 Å². The van der Waals surface area contributed by atoms with Gasteiger partial charge in [0.05, 0.1) is 0 Å². The van der Waals surface area contributed by atoms with Crippen LogP contribution in [0.15, 0.2) is 41.8 Å². The number of nitrogens with zero attached hydrogens (tertiary/aromatic N) is 5. The van der Waals surface area contributed by atoms with Crippen LogP contribution in [0, 0.1) is 6.92 Å². The number of sulfonamides is 1. The number of rotatable bonds is 5. The van der Waals surface area contributed by atoms with Gasteiger partial charge >= 0.3 is 0 Å². The molecule has 0 amide bonds. The van der Waals surface area contributed by atoms with Crippen molar-refractivity contribution in [3.05, 3.63) is 53.1 Å². The maximum absolute atomic E-state index is 12.7. The lowest BCUT2D eigenvalue weighted by atomic mass is 10.2. The van der Waals surface area contributed by atoms with Crippen LogP contribution in [0.3, 0.4) is 0 Å². The first kappa shape index (κ1) is 19.8. The smallest absolute Gasteiger partial charge is 0.236 e. The normalized spacial score (nSPS) is 18.7. The highest BCUT2D eigenvalue weighted by atomic mass is 32.2. The molecule has 4 rings (SSSR count). The SMILES string of the molecule is Cc1cc(N2CCN(S(=O)(=O)/C=C/c3ccccc3)CC2)nc(N2CCCC2)n1. The molecule has 2 aromatic rings. The predicted molar refractivity (Wildman–Crippen MR) is 116 cm³/mol. The Morgan fingerprint density at radius 3 is 2.28 bits per heavy atom. The summed E-state index contributed by atoms with van der Waals surface area (Å²) in [5.74, 6) is 1.68. The van der Waals surface area contributed by atoms with Crippen LogP contribution >= 0.6 is 0 Å². The molecule has 0 N–H and O–H groups in total. The summed E-state index contributed by atoms with van der Waals surface area (Å²) in [5, 5.41) is 1.30. The fourth-order valence-corrected chi connectivity index (χ4v) is 4.92. The van der Waals surface area contributed by atoms with Gasteiger partial charge in [0.1, 0.15) is 5.82 Å². The van der Waals surface area contributed by atoms with Crippen LogP contribution in [0.25, 0.3) is 6.08 Å². The van der Waals surface area contributed by atoms with Crippen molar-refractivity contribution in [2.45, 2.75) is 19.8 Å². The van der Waals surface area contributed by atoms with Gasteiger partial charge < -0.3 is 9.80 Å². The van der Waals surface area contributed by atoms with Crippen LogP contribution in [-0.4, -0.2) is 62.0 Å². The summed E-state index contributed by atoms with van der Waals surface area (Å²) < 4.78 is 26.9. The number of aryl methyl sites for hydroxylation is 1. The zero-order valence-corrected chi connectivity index (χ0v) is 17.6. The lowest BCUT2D eigenvalue weighted by Crippen LogP contribution is -2.48. The topological polar surface area (TPSA) is 69.6 Å². The molecule has 2 saturated heterocycles. The fourth-order valence-electron chi connectivity index (χ4n) is 3.74. The van der Waals surface area contributed by atoms with E-state index >= 15 is 0 Å². The van der Waals surface area contributed by atoms with Crippen molar-refractivity contribution >= 4 is 27.9 Å². The number of hydrogen-bond acceptors (Lipinski definition) is 6. The summed E-state index contributed by atoms with van der Waals surface area (Å²) in [6.07, 6.45) is 4.01. The van der Waals surface area contributed by atoms with E-state index in [1.54, 1.807) is 10.4 Å². The summed E-state index contributed by atoms with van der Waals surface area (Å²) in [6.45, 7) is 6.13. The van der Waals surface area contributed by atoms with E-state index in [1.165, 1.54) is 18.2 Å². The number of hydrogen-bond donors (Lipinski definition) is 0. The van der Waals surface area contributed by atoms with Crippen molar-refractivity contribution in [2.24, 2.45) is 0 Å². The Balaban J connectivity index is 1.42. The lowest BCUT2D eigenvalue weighted by Gasteiger charge is -2.34. The van der Waals surface area contributed by atoms with Gasteiger partial charge in [-0.05, 0) is 31.4 Å². The molecule has 29 heavy (non-hydrogen) atoms. The van der Waals surface area contributed by atoms with Crippen molar-refractivity contribution in [3.8, 4) is 0 Å². The van der Waals surface area contributed by atoms with E-state index in [2.05, 4.69) is 14.8 Å². The van der Waals surface area contributed by atoms with Crippen molar-refractivity contribution in [2.75, 3.05) is 49.1 Å². The van der Waals surface area contributed by atoms with E-state index in [0.29, 0.717) is 26.2 Å². The maximum Gasteiger partial charge on any atom is 0.236 e. The summed E-state index contributed by atoms with van der Waals surface area (Å²) in [4.78, 5) is 13.7. The van der Waals surface area contributed by atoms with Crippen LogP contribution < -0.4 is 9.80 Å². The Hall–Kier alpha value is -2.45. The van der Waals surface area contributed by atoms with Crippen molar-refractivity contribution in [3.63, 3.8) is 0 Å². The van der Waals surface area contributed by atoms with Gasteiger partial charge in [-0.1, -0.05) is 30.3 Å². The molecule has 8 heteroatoms. The van der Waals surface area contributed by atoms with Crippen LogP contribution in [0.1, 0.15) is 24.1 Å². The Morgan fingerprint density at radius 1 is 0.897 bits per heavy atom. The second kappa shape index (κ2) is 8.51. The second-order valence-electron chi connectivity index (χ2n) is 7.51. The van der Waals surface area contributed by atoms with E-state index in [9.17, 15) is 8.42 Å². The number of piperazine rings is 1. The van der Waals surface area contributed by atoms with E-state index in [1.807, 2.05) is 43.3 Å².